The zero-order chi connectivity index (χ0) is 23.4. The molecule has 1 fully saturated rings. The van der Waals surface area contributed by atoms with Crippen molar-refractivity contribution in [1.29, 1.82) is 0 Å². The summed E-state index contributed by atoms with van der Waals surface area (Å²) < 4.78 is 29.2. The van der Waals surface area contributed by atoms with Gasteiger partial charge in [-0.25, -0.2) is 13.1 Å². The molecule has 1 amide bonds. The molecule has 0 radical (unpaired) electrons. The number of nitrogens with one attached hydrogen (secondary N) is 1. The highest BCUT2D eigenvalue weighted by Gasteiger charge is 2.33. The van der Waals surface area contributed by atoms with Gasteiger partial charge in [0.25, 0.3) is 0 Å². The Kier molecular flexibility index (Phi) is 6.85. The monoisotopic (exact) mass is 468 g/mol. The van der Waals surface area contributed by atoms with E-state index in [0.29, 0.717) is 31.0 Å². The van der Waals surface area contributed by atoms with Crippen LogP contribution < -0.4 is 5.32 Å². The SMILES string of the molecule is CC[C@H](C)c1ccc(NC(=O)[C@H]2CCCN(S(=O)(=O)c3ccc(-n4cnnn4)cc3)C2)cc1. The van der Waals surface area contributed by atoms with Gasteiger partial charge in [0.2, 0.25) is 15.9 Å². The van der Waals surface area contributed by atoms with Crippen molar-refractivity contribution in [3.8, 4) is 5.69 Å². The number of sulfonamides is 1. The average molecular weight is 469 g/mol. The first kappa shape index (κ1) is 23.1. The predicted molar refractivity (Wildman–Crippen MR) is 124 cm³/mol. The molecule has 1 aliphatic heterocycles. The van der Waals surface area contributed by atoms with Gasteiger partial charge in [0.1, 0.15) is 6.33 Å². The molecule has 0 bridgehead atoms. The molecule has 33 heavy (non-hydrogen) atoms. The van der Waals surface area contributed by atoms with Gasteiger partial charge in [-0.1, -0.05) is 26.0 Å². The molecular weight excluding hydrogens is 440 g/mol. The Hall–Kier alpha value is -3.11. The maximum atomic E-state index is 13.2. The second-order valence-corrected chi connectivity index (χ2v) is 10.3. The third kappa shape index (κ3) is 5.12. The van der Waals surface area contributed by atoms with Gasteiger partial charge in [-0.05, 0) is 77.6 Å². The van der Waals surface area contributed by atoms with E-state index in [4.69, 9.17) is 0 Å². The number of piperidine rings is 1. The van der Waals surface area contributed by atoms with Gasteiger partial charge in [0.05, 0.1) is 16.5 Å². The molecule has 2 aromatic carbocycles. The molecule has 10 heteroatoms. The van der Waals surface area contributed by atoms with Crippen LogP contribution in [0, 0.1) is 5.92 Å². The van der Waals surface area contributed by atoms with Crippen molar-refractivity contribution >= 4 is 21.6 Å². The van der Waals surface area contributed by atoms with Crippen LogP contribution in [0.3, 0.4) is 0 Å². The summed E-state index contributed by atoms with van der Waals surface area (Å²) in [5.41, 5.74) is 2.62. The summed E-state index contributed by atoms with van der Waals surface area (Å²) in [5, 5.41) is 13.9. The highest BCUT2D eigenvalue weighted by molar-refractivity contribution is 7.89. The molecule has 1 N–H and O–H groups in total. The Morgan fingerprint density at radius 1 is 1.15 bits per heavy atom. The molecule has 0 saturated carbocycles. The quantitative estimate of drug-likeness (QED) is 0.570. The molecule has 2 heterocycles. The molecular formula is C23H28N6O3S. The zero-order valence-corrected chi connectivity index (χ0v) is 19.6. The van der Waals surface area contributed by atoms with E-state index in [1.165, 1.54) is 33.0 Å². The first-order valence-corrected chi connectivity index (χ1v) is 12.6. The van der Waals surface area contributed by atoms with E-state index < -0.39 is 15.9 Å². The van der Waals surface area contributed by atoms with Crippen LogP contribution in [0.15, 0.2) is 59.8 Å². The fourth-order valence-corrected chi connectivity index (χ4v) is 5.47. The summed E-state index contributed by atoms with van der Waals surface area (Å²) in [6.07, 6.45) is 3.78. The second-order valence-electron chi connectivity index (χ2n) is 8.37. The van der Waals surface area contributed by atoms with Crippen molar-refractivity contribution in [2.75, 3.05) is 18.4 Å². The molecule has 1 aromatic heterocycles. The van der Waals surface area contributed by atoms with Crippen LogP contribution in [0.5, 0.6) is 0 Å². The van der Waals surface area contributed by atoms with Crippen LogP contribution in [0.4, 0.5) is 5.69 Å². The summed E-state index contributed by atoms with van der Waals surface area (Å²) in [5.74, 6) is -0.0858. The van der Waals surface area contributed by atoms with E-state index in [2.05, 4.69) is 34.7 Å². The smallest absolute Gasteiger partial charge is 0.243 e. The van der Waals surface area contributed by atoms with Gasteiger partial charge in [-0.2, -0.15) is 4.31 Å². The molecule has 4 rings (SSSR count). The lowest BCUT2D eigenvalue weighted by Gasteiger charge is -2.31. The fourth-order valence-electron chi connectivity index (χ4n) is 3.95. The zero-order valence-electron chi connectivity index (χ0n) is 18.8. The second kappa shape index (κ2) is 9.80. The highest BCUT2D eigenvalue weighted by atomic mass is 32.2. The lowest BCUT2D eigenvalue weighted by atomic mass is 9.97. The van der Waals surface area contributed by atoms with Gasteiger partial charge >= 0.3 is 0 Å². The van der Waals surface area contributed by atoms with Gasteiger partial charge in [-0.3, -0.25) is 4.79 Å². The molecule has 3 aromatic rings. The lowest BCUT2D eigenvalue weighted by Crippen LogP contribution is -2.43. The molecule has 9 nitrogen and oxygen atoms in total. The maximum absolute atomic E-state index is 13.2. The summed E-state index contributed by atoms with van der Waals surface area (Å²) >= 11 is 0. The first-order chi connectivity index (χ1) is 15.9. The van der Waals surface area contributed by atoms with Gasteiger partial charge < -0.3 is 5.32 Å². The Bertz CT molecular complexity index is 1180. The van der Waals surface area contributed by atoms with Crippen molar-refractivity contribution in [3.63, 3.8) is 0 Å². The number of nitrogens with zero attached hydrogens (tertiary/aromatic N) is 5. The molecule has 0 unspecified atom stereocenters. The number of carbonyl (C=O) groups is 1. The van der Waals surface area contributed by atoms with Crippen LogP contribution in [0.2, 0.25) is 0 Å². The number of aromatic nitrogens is 4. The third-order valence-corrected chi connectivity index (χ3v) is 8.08. The number of anilines is 1. The number of hydrogen-bond donors (Lipinski definition) is 1. The van der Waals surface area contributed by atoms with Gasteiger partial charge in [-0.15, -0.1) is 5.10 Å². The number of rotatable bonds is 7. The average Bonchev–Trinajstić information content (AvgIpc) is 3.39. The van der Waals surface area contributed by atoms with E-state index in [1.807, 2.05) is 24.3 Å². The maximum Gasteiger partial charge on any atom is 0.243 e. The molecule has 2 atom stereocenters. The third-order valence-electron chi connectivity index (χ3n) is 6.20. The van der Waals surface area contributed by atoms with E-state index in [9.17, 15) is 13.2 Å². The lowest BCUT2D eigenvalue weighted by molar-refractivity contribution is -0.120. The van der Waals surface area contributed by atoms with E-state index >= 15 is 0 Å². The standard InChI is InChI=1S/C23H28N6O3S/c1-3-17(2)18-6-8-20(9-7-18)25-23(30)19-5-4-14-28(15-19)33(31,32)22-12-10-21(11-13-22)29-16-24-26-27-29/h6-13,16-17,19H,3-5,14-15H2,1-2H3,(H,25,30)/t17-,19-/m0/s1. The van der Waals surface area contributed by atoms with Crippen LogP contribution >= 0.6 is 0 Å². The Morgan fingerprint density at radius 2 is 1.88 bits per heavy atom. The molecule has 1 saturated heterocycles. The van der Waals surface area contributed by atoms with Crippen molar-refractivity contribution in [1.82, 2.24) is 24.5 Å². The van der Waals surface area contributed by atoms with Crippen LogP contribution in [0.25, 0.3) is 5.69 Å². The summed E-state index contributed by atoms with van der Waals surface area (Å²) in [6, 6.07) is 14.2. The van der Waals surface area contributed by atoms with Crippen LogP contribution in [0.1, 0.15) is 44.6 Å². The Morgan fingerprint density at radius 3 is 2.52 bits per heavy atom. The van der Waals surface area contributed by atoms with Crippen molar-refractivity contribution in [3.05, 3.63) is 60.4 Å². The molecule has 174 valence electrons. The highest BCUT2D eigenvalue weighted by Crippen LogP contribution is 2.26. The summed E-state index contributed by atoms with van der Waals surface area (Å²) in [4.78, 5) is 13.1. The topological polar surface area (TPSA) is 110 Å². The Labute approximate surface area is 193 Å². The van der Waals surface area contributed by atoms with Crippen molar-refractivity contribution < 1.29 is 13.2 Å². The summed E-state index contributed by atoms with van der Waals surface area (Å²) in [6.45, 7) is 4.87. The first-order valence-electron chi connectivity index (χ1n) is 11.1. The van der Waals surface area contributed by atoms with Crippen LogP contribution in [-0.4, -0.2) is 51.9 Å². The van der Waals surface area contributed by atoms with E-state index in [0.717, 1.165) is 12.1 Å². The van der Waals surface area contributed by atoms with Gasteiger partial charge in [0.15, 0.2) is 0 Å². The molecule has 1 aliphatic rings. The predicted octanol–water partition coefficient (Wildman–Crippen LogP) is 3.22. The Balaban J connectivity index is 1.42. The minimum Gasteiger partial charge on any atom is -0.326 e. The minimum absolute atomic E-state index is 0.153. The summed E-state index contributed by atoms with van der Waals surface area (Å²) in [7, 11) is -3.71. The minimum atomic E-state index is -3.71. The normalized spacial score (nSPS) is 18.1. The molecule has 0 aliphatic carbocycles. The van der Waals surface area contributed by atoms with Crippen LogP contribution in [-0.2, 0) is 14.8 Å². The van der Waals surface area contributed by atoms with Crippen molar-refractivity contribution in [2.45, 2.75) is 43.9 Å². The number of amides is 1. The van der Waals surface area contributed by atoms with Gasteiger partial charge in [0, 0.05) is 18.8 Å². The van der Waals surface area contributed by atoms with E-state index in [1.54, 1.807) is 12.1 Å². The number of carbonyl (C=O) groups excluding carboxylic acids is 1. The van der Waals surface area contributed by atoms with E-state index in [-0.39, 0.29) is 17.3 Å². The molecule has 0 spiro atoms. The number of benzene rings is 2. The van der Waals surface area contributed by atoms with Crippen molar-refractivity contribution in [2.24, 2.45) is 5.92 Å². The number of hydrogen-bond acceptors (Lipinski definition) is 6. The fraction of sp³-hybridized carbons (Fsp3) is 0.391. The number of tetrazole rings is 1. The largest absolute Gasteiger partial charge is 0.326 e.